The first-order valence-corrected chi connectivity index (χ1v) is 6.12. The van der Waals surface area contributed by atoms with Crippen LogP contribution in [0.15, 0.2) is 12.1 Å². The molecule has 2 aliphatic rings. The van der Waals surface area contributed by atoms with E-state index in [1.54, 1.807) is 6.07 Å². The Morgan fingerprint density at radius 3 is 2.47 bits per heavy atom. The molecule has 1 aromatic heterocycles. The first-order chi connectivity index (χ1) is 8.24. The summed E-state index contributed by atoms with van der Waals surface area (Å²) in [6, 6.07) is 3.49. The van der Waals surface area contributed by atoms with Gasteiger partial charge in [0.25, 0.3) is 5.91 Å². The van der Waals surface area contributed by atoms with Gasteiger partial charge >= 0.3 is 0 Å². The van der Waals surface area contributed by atoms with E-state index >= 15 is 0 Å². The van der Waals surface area contributed by atoms with E-state index in [1.807, 2.05) is 6.07 Å². The standard InChI is InChI=1S/C12H16N4O/c13-12(17)10-4-5-11(15-14-10)16-6-8-2-1-3-9(8)7-16/h4-5,8-9H,1-3,6-7H2,(H2,13,17)/t8-,9-/m0/s1. The van der Waals surface area contributed by atoms with Crippen LogP contribution in [0.3, 0.4) is 0 Å². The van der Waals surface area contributed by atoms with Crippen LogP contribution in [0.2, 0.25) is 0 Å². The van der Waals surface area contributed by atoms with Gasteiger partial charge in [0.1, 0.15) is 0 Å². The van der Waals surface area contributed by atoms with Crippen LogP contribution in [-0.2, 0) is 0 Å². The maximum Gasteiger partial charge on any atom is 0.269 e. The van der Waals surface area contributed by atoms with Crippen LogP contribution in [0.5, 0.6) is 0 Å². The minimum atomic E-state index is -0.526. The molecule has 0 aromatic carbocycles. The largest absolute Gasteiger partial charge is 0.364 e. The van der Waals surface area contributed by atoms with Gasteiger partial charge in [-0.05, 0) is 36.8 Å². The fraction of sp³-hybridized carbons (Fsp3) is 0.583. The summed E-state index contributed by atoms with van der Waals surface area (Å²) in [5.74, 6) is 1.99. The molecule has 0 unspecified atom stereocenters. The van der Waals surface area contributed by atoms with Crippen molar-refractivity contribution < 1.29 is 4.79 Å². The molecule has 1 saturated carbocycles. The number of rotatable bonds is 2. The molecule has 2 atom stereocenters. The van der Waals surface area contributed by atoms with E-state index in [0.29, 0.717) is 0 Å². The fourth-order valence-corrected chi connectivity index (χ4v) is 3.05. The highest BCUT2D eigenvalue weighted by Gasteiger charge is 2.36. The lowest BCUT2D eigenvalue weighted by atomic mass is 10.0. The smallest absolute Gasteiger partial charge is 0.269 e. The average molecular weight is 232 g/mol. The molecule has 2 heterocycles. The first-order valence-electron chi connectivity index (χ1n) is 6.12. The molecule has 90 valence electrons. The monoisotopic (exact) mass is 232 g/mol. The van der Waals surface area contributed by atoms with Crippen LogP contribution >= 0.6 is 0 Å². The van der Waals surface area contributed by atoms with Gasteiger partial charge in [-0.3, -0.25) is 4.79 Å². The van der Waals surface area contributed by atoms with Crippen molar-refractivity contribution >= 4 is 11.7 Å². The molecule has 1 aliphatic heterocycles. The van der Waals surface area contributed by atoms with E-state index in [9.17, 15) is 4.79 Å². The number of anilines is 1. The second-order valence-corrected chi connectivity index (χ2v) is 5.00. The SMILES string of the molecule is NC(=O)c1ccc(N2C[C@@H]3CCC[C@H]3C2)nn1. The van der Waals surface area contributed by atoms with Crippen LogP contribution in [-0.4, -0.2) is 29.2 Å². The topological polar surface area (TPSA) is 72.1 Å². The van der Waals surface area contributed by atoms with E-state index in [4.69, 9.17) is 5.73 Å². The van der Waals surface area contributed by atoms with Crippen LogP contribution in [0, 0.1) is 11.8 Å². The van der Waals surface area contributed by atoms with Crippen molar-refractivity contribution in [1.29, 1.82) is 0 Å². The zero-order valence-electron chi connectivity index (χ0n) is 9.67. The summed E-state index contributed by atoms with van der Waals surface area (Å²) in [6.07, 6.45) is 4.05. The van der Waals surface area contributed by atoms with E-state index < -0.39 is 5.91 Å². The molecule has 0 spiro atoms. The minimum Gasteiger partial charge on any atom is -0.364 e. The van der Waals surface area contributed by atoms with Gasteiger partial charge in [-0.15, -0.1) is 10.2 Å². The molecular formula is C12H16N4O. The predicted molar refractivity (Wildman–Crippen MR) is 63.6 cm³/mol. The molecule has 2 fully saturated rings. The van der Waals surface area contributed by atoms with Crippen LogP contribution in [0.4, 0.5) is 5.82 Å². The number of hydrogen-bond acceptors (Lipinski definition) is 4. The second-order valence-electron chi connectivity index (χ2n) is 5.00. The van der Waals surface area contributed by atoms with Crippen LogP contribution < -0.4 is 10.6 Å². The fourth-order valence-electron chi connectivity index (χ4n) is 3.05. The number of primary amides is 1. The maximum absolute atomic E-state index is 10.9. The van der Waals surface area contributed by atoms with Gasteiger partial charge in [0, 0.05) is 13.1 Å². The summed E-state index contributed by atoms with van der Waals surface area (Å²) in [5, 5.41) is 7.93. The van der Waals surface area contributed by atoms with Crippen molar-refractivity contribution in [1.82, 2.24) is 10.2 Å². The van der Waals surface area contributed by atoms with E-state index in [0.717, 1.165) is 30.7 Å². The Balaban J connectivity index is 1.75. The third-order valence-electron chi connectivity index (χ3n) is 3.95. The Morgan fingerprint density at radius 1 is 1.24 bits per heavy atom. The van der Waals surface area contributed by atoms with E-state index in [2.05, 4.69) is 15.1 Å². The average Bonchev–Trinajstić information content (AvgIpc) is 2.89. The van der Waals surface area contributed by atoms with E-state index in [-0.39, 0.29) is 5.69 Å². The highest BCUT2D eigenvalue weighted by atomic mass is 16.1. The third-order valence-corrected chi connectivity index (χ3v) is 3.95. The summed E-state index contributed by atoms with van der Waals surface area (Å²) in [7, 11) is 0. The molecule has 5 heteroatoms. The Hall–Kier alpha value is -1.65. The molecular weight excluding hydrogens is 216 g/mol. The number of carbonyl (C=O) groups excluding carboxylic acids is 1. The zero-order chi connectivity index (χ0) is 11.8. The summed E-state index contributed by atoms with van der Waals surface area (Å²) in [4.78, 5) is 13.2. The number of nitrogens with two attached hydrogens (primary N) is 1. The molecule has 17 heavy (non-hydrogen) atoms. The number of aromatic nitrogens is 2. The normalized spacial score (nSPS) is 27.2. The predicted octanol–water partition coefficient (Wildman–Crippen LogP) is 0.812. The van der Waals surface area contributed by atoms with Gasteiger partial charge in [-0.1, -0.05) is 6.42 Å². The lowest BCUT2D eigenvalue weighted by molar-refractivity contribution is 0.0994. The molecule has 5 nitrogen and oxygen atoms in total. The van der Waals surface area contributed by atoms with Gasteiger partial charge in [0.05, 0.1) is 0 Å². The van der Waals surface area contributed by atoms with Crippen LogP contribution in [0.1, 0.15) is 29.8 Å². The molecule has 0 bridgehead atoms. The molecule has 1 saturated heterocycles. The van der Waals surface area contributed by atoms with Gasteiger partial charge in [0.15, 0.2) is 11.5 Å². The molecule has 3 rings (SSSR count). The number of fused-ring (bicyclic) bond motifs is 1. The van der Waals surface area contributed by atoms with Gasteiger partial charge in [-0.25, -0.2) is 0 Å². The molecule has 2 N–H and O–H groups in total. The van der Waals surface area contributed by atoms with Crippen molar-refractivity contribution in [3.63, 3.8) is 0 Å². The Bertz CT molecular complexity index is 419. The second kappa shape index (κ2) is 3.98. The molecule has 0 radical (unpaired) electrons. The lowest BCUT2D eigenvalue weighted by Crippen LogP contribution is -2.23. The summed E-state index contributed by atoms with van der Waals surface area (Å²) in [5.41, 5.74) is 5.37. The zero-order valence-corrected chi connectivity index (χ0v) is 9.67. The quantitative estimate of drug-likeness (QED) is 0.819. The molecule has 1 aliphatic carbocycles. The van der Waals surface area contributed by atoms with Crippen molar-refractivity contribution in [3.05, 3.63) is 17.8 Å². The van der Waals surface area contributed by atoms with Crippen molar-refractivity contribution in [3.8, 4) is 0 Å². The highest BCUT2D eigenvalue weighted by molar-refractivity contribution is 5.90. The van der Waals surface area contributed by atoms with Crippen molar-refractivity contribution in [2.45, 2.75) is 19.3 Å². The first kappa shape index (κ1) is 10.5. The van der Waals surface area contributed by atoms with Crippen molar-refractivity contribution in [2.24, 2.45) is 17.6 Å². The van der Waals surface area contributed by atoms with Crippen molar-refractivity contribution in [2.75, 3.05) is 18.0 Å². The number of amides is 1. The van der Waals surface area contributed by atoms with Gasteiger partial charge in [0.2, 0.25) is 0 Å². The number of carbonyl (C=O) groups is 1. The number of hydrogen-bond donors (Lipinski definition) is 1. The summed E-state index contributed by atoms with van der Waals surface area (Å²) in [6.45, 7) is 2.16. The van der Waals surface area contributed by atoms with E-state index in [1.165, 1.54) is 19.3 Å². The highest BCUT2D eigenvalue weighted by Crippen LogP contribution is 2.38. The van der Waals surface area contributed by atoms with Gasteiger partial charge in [-0.2, -0.15) is 0 Å². The summed E-state index contributed by atoms with van der Waals surface area (Å²) >= 11 is 0. The molecule has 1 aromatic rings. The third kappa shape index (κ3) is 1.85. The van der Waals surface area contributed by atoms with Crippen LogP contribution in [0.25, 0.3) is 0 Å². The minimum absolute atomic E-state index is 0.230. The Morgan fingerprint density at radius 2 is 1.94 bits per heavy atom. The Labute approximate surface area is 100 Å². The van der Waals surface area contributed by atoms with Gasteiger partial charge < -0.3 is 10.6 Å². The Kier molecular flexibility index (Phi) is 2.46. The lowest BCUT2D eigenvalue weighted by Gasteiger charge is -2.17. The number of nitrogens with zero attached hydrogens (tertiary/aromatic N) is 3. The molecule has 1 amide bonds. The maximum atomic E-state index is 10.9. The summed E-state index contributed by atoms with van der Waals surface area (Å²) < 4.78 is 0.